The Morgan fingerprint density at radius 2 is 1.66 bits per heavy atom. The van der Waals surface area contributed by atoms with Crippen molar-refractivity contribution in [1.29, 1.82) is 0 Å². The van der Waals surface area contributed by atoms with Crippen molar-refractivity contribution < 1.29 is 8.42 Å². The lowest BCUT2D eigenvalue weighted by atomic mass is 9.99. The Hall–Kier alpha value is -3.82. The quantitative estimate of drug-likeness (QED) is 0.287. The molecule has 0 spiro atoms. The van der Waals surface area contributed by atoms with Crippen LogP contribution in [0.25, 0.3) is 21.3 Å². The summed E-state index contributed by atoms with van der Waals surface area (Å²) in [6, 6.07) is 18.0. The van der Waals surface area contributed by atoms with E-state index < -0.39 is 10.0 Å². The van der Waals surface area contributed by atoms with Gasteiger partial charge in [0.1, 0.15) is 22.8 Å². The van der Waals surface area contributed by atoms with Crippen molar-refractivity contribution in [2.45, 2.75) is 25.7 Å². The largest absolute Gasteiger partial charge is 0.340 e. The minimum Gasteiger partial charge on any atom is -0.340 e. The van der Waals surface area contributed by atoms with Crippen molar-refractivity contribution in [3.8, 4) is 11.1 Å². The average Bonchev–Trinajstić information content (AvgIpc) is 3.18. The Labute approximate surface area is 208 Å². The molecule has 3 aromatic heterocycles. The first kappa shape index (κ1) is 22.9. The minimum absolute atomic E-state index is 0.142. The first-order chi connectivity index (χ1) is 16.8. The summed E-state index contributed by atoms with van der Waals surface area (Å²) in [6.07, 6.45) is 3.08. The van der Waals surface area contributed by atoms with Crippen molar-refractivity contribution >= 4 is 48.9 Å². The number of nitrogens with one attached hydrogen (secondary N) is 2. The molecule has 35 heavy (non-hydrogen) atoms. The number of thiophene rings is 1. The van der Waals surface area contributed by atoms with Gasteiger partial charge >= 0.3 is 0 Å². The van der Waals surface area contributed by atoms with Gasteiger partial charge in [0.2, 0.25) is 0 Å². The number of benzene rings is 2. The number of anilines is 3. The zero-order valence-corrected chi connectivity index (χ0v) is 21.0. The Balaban J connectivity index is 1.48. The van der Waals surface area contributed by atoms with Gasteiger partial charge in [-0.25, -0.2) is 23.4 Å². The molecular formula is C26H23N5O2S2. The van der Waals surface area contributed by atoms with E-state index in [9.17, 15) is 8.42 Å². The van der Waals surface area contributed by atoms with Crippen LogP contribution in [0.5, 0.6) is 0 Å². The monoisotopic (exact) mass is 501 g/mol. The highest BCUT2D eigenvalue weighted by atomic mass is 32.2. The third kappa shape index (κ3) is 4.60. The fourth-order valence-corrected chi connectivity index (χ4v) is 5.88. The van der Waals surface area contributed by atoms with Gasteiger partial charge in [0, 0.05) is 22.3 Å². The van der Waals surface area contributed by atoms with Crippen molar-refractivity contribution in [3.63, 3.8) is 0 Å². The SMILES string of the molecule is Cc1ccc(-c2c(C)sc3ncnc(Nc4ccc(S(=O)(=O)Nc5ccccn5)cc4)c23)cc1C. The van der Waals surface area contributed by atoms with E-state index in [1.807, 2.05) is 0 Å². The molecule has 0 aliphatic carbocycles. The molecule has 0 bridgehead atoms. The van der Waals surface area contributed by atoms with Crippen molar-refractivity contribution in [3.05, 3.63) is 89.2 Å². The highest BCUT2D eigenvalue weighted by molar-refractivity contribution is 7.92. The summed E-state index contributed by atoms with van der Waals surface area (Å²) in [5.74, 6) is 0.944. The maximum atomic E-state index is 12.7. The standard InChI is InChI=1S/C26H23N5O2S2/c1-16-7-8-19(14-17(16)2)23-18(3)34-26-24(23)25(28-15-29-26)30-20-9-11-21(12-10-20)35(32,33)31-22-6-4-5-13-27-22/h4-15H,1-3H3,(H,27,31)(H,28,29,30). The summed E-state index contributed by atoms with van der Waals surface area (Å²) < 4.78 is 27.9. The molecule has 2 aromatic carbocycles. The molecule has 5 rings (SSSR count). The van der Waals surface area contributed by atoms with Crippen LogP contribution in [0.1, 0.15) is 16.0 Å². The fourth-order valence-electron chi connectivity index (χ4n) is 3.86. The summed E-state index contributed by atoms with van der Waals surface area (Å²) in [4.78, 5) is 15.2. The van der Waals surface area contributed by atoms with Gasteiger partial charge in [-0.05, 0) is 73.9 Å². The lowest BCUT2D eigenvalue weighted by Crippen LogP contribution is -2.13. The molecule has 2 N–H and O–H groups in total. The molecule has 0 saturated carbocycles. The van der Waals surface area contributed by atoms with Gasteiger partial charge in [-0.1, -0.05) is 24.3 Å². The molecular weight excluding hydrogens is 478 g/mol. The van der Waals surface area contributed by atoms with E-state index in [4.69, 9.17) is 0 Å². The van der Waals surface area contributed by atoms with Crippen LogP contribution < -0.4 is 10.0 Å². The van der Waals surface area contributed by atoms with Crippen LogP contribution in [0.2, 0.25) is 0 Å². The molecule has 0 saturated heterocycles. The van der Waals surface area contributed by atoms with Gasteiger partial charge in [0.25, 0.3) is 10.0 Å². The van der Waals surface area contributed by atoms with Gasteiger partial charge in [0.05, 0.1) is 10.3 Å². The number of fused-ring (bicyclic) bond motifs is 1. The molecule has 9 heteroatoms. The summed E-state index contributed by atoms with van der Waals surface area (Å²) in [7, 11) is -3.75. The normalized spacial score (nSPS) is 11.5. The summed E-state index contributed by atoms with van der Waals surface area (Å²) in [5.41, 5.74) is 5.42. The van der Waals surface area contributed by atoms with Gasteiger partial charge in [-0.3, -0.25) is 4.72 Å². The Bertz CT molecular complexity index is 1630. The van der Waals surface area contributed by atoms with Crippen LogP contribution in [-0.2, 0) is 10.0 Å². The predicted octanol–water partition coefficient (Wildman–Crippen LogP) is 6.22. The molecule has 3 heterocycles. The molecule has 7 nitrogen and oxygen atoms in total. The maximum absolute atomic E-state index is 12.7. The Kier molecular flexibility index (Phi) is 5.96. The topological polar surface area (TPSA) is 96.9 Å². The molecule has 0 aliphatic rings. The molecule has 0 radical (unpaired) electrons. The zero-order valence-electron chi connectivity index (χ0n) is 19.4. The summed E-state index contributed by atoms with van der Waals surface area (Å²) in [6.45, 7) is 6.30. The van der Waals surface area contributed by atoms with Gasteiger partial charge in [0.15, 0.2) is 0 Å². The van der Waals surface area contributed by atoms with Gasteiger partial charge in [-0.2, -0.15) is 0 Å². The molecule has 0 atom stereocenters. The van der Waals surface area contributed by atoms with E-state index in [-0.39, 0.29) is 10.7 Å². The van der Waals surface area contributed by atoms with Gasteiger partial charge in [-0.15, -0.1) is 11.3 Å². The average molecular weight is 502 g/mol. The van der Waals surface area contributed by atoms with Gasteiger partial charge < -0.3 is 5.32 Å². The van der Waals surface area contributed by atoms with Crippen LogP contribution in [-0.4, -0.2) is 23.4 Å². The first-order valence-electron chi connectivity index (χ1n) is 10.9. The molecule has 176 valence electrons. The molecule has 0 unspecified atom stereocenters. The smallest absolute Gasteiger partial charge is 0.263 e. The molecule has 0 fully saturated rings. The second-order valence-corrected chi connectivity index (χ2v) is 11.1. The molecule has 0 amide bonds. The number of hydrogen-bond acceptors (Lipinski definition) is 7. The Morgan fingerprint density at radius 1 is 0.857 bits per heavy atom. The second-order valence-electron chi connectivity index (χ2n) is 8.20. The maximum Gasteiger partial charge on any atom is 0.263 e. The Morgan fingerprint density at radius 3 is 2.37 bits per heavy atom. The number of nitrogens with zero attached hydrogens (tertiary/aromatic N) is 3. The second kappa shape index (κ2) is 9.09. The number of aryl methyl sites for hydroxylation is 3. The van der Waals surface area contributed by atoms with Crippen molar-refractivity contribution in [2.24, 2.45) is 0 Å². The number of aromatic nitrogens is 3. The third-order valence-corrected chi connectivity index (χ3v) is 8.17. The van der Waals surface area contributed by atoms with Crippen LogP contribution in [0, 0.1) is 20.8 Å². The molecule has 5 aromatic rings. The minimum atomic E-state index is -3.75. The number of hydrogen-bond donors (Lipinski definition) is 2. The van der Waals surface area contributed by atoms with Crippen LogP contribution in [0.3, 0.4) is 0 Å². The number of rotatable bonds is 6. The van der Waals surface area contributed by atoms with E-state index in [0.717, 1.165) is 31.9 Å². The zero-order chi connectivity index (χ0) is 24.6. The van der Waals surface area contributed by atoms with Crippen LogP contribution >= 0.6 is 11.3 Å². The number of sulfonamides is 1. The van der Waals surface area contributed by atoms with E-state index in [1.54, 1.807) is 60.1 Å². The first-order valence-corrected chi connectivity index (χ1v) is 13.2. The summed E-state index contributed by atoms with van der Waals surface area (Å²) in [5, 5.41) is 4.30. The number of pyridine rings is 1. The predicted molar refractivity (Wildman–Crippen MR) is 142 cm³/mol. The van der Waals surface area contributed by atoms with E-state index in [0.29, 0.717) is 5.82 Å². The third-order valence-electron chi connectivity index (χ3n) is 5.79. The van der Waals surface area contributed by atoms with E-state index in [2.05, 4.69) is 64.0 Å². The fraction of sp³-hybridized carbons (Fsp3) is 0.115. The van der Waals surface area contributed by atoms with E-state index in [1.165, 1.54) is 17.3 Å². The van der Waals surface area contributed by atoms with Crippen LogP contribution in [0.15, 0.2) is 78.1 Å². The van der Waals surface area contributed by atoms with Crippen molar-refractivity contribution in [1.82, 2.24) is 15.0 Å². The van der Waals surface area contributed by atoms with E-state index >= 15 is 0 Å². The lowest BCUT2D eigenvalue weighted by Gasteiger charge is -2.11. The lowest BCUT2D eigenvalue weighted by molar-refractivity contribution is 0.601. The highest BCUT2D eigenvalue weighted by Gasteiger charge is 2.18. The van der Waals surface area contributed by atoms with Crippen molar-refractivity contribution in [2.75, 3.05) is 10.0 Å². The molecule has 0 aliphatic heterocycles. The summed E-state index contributed by atoms with van der Waals surface area (Å²) >= 11 is 1.63. The highest BCUT2D eigenvalue weighted by Crippen LogP contribution is 2.41. The van der Waals surface area contributed by atoms with Crippen LogP contribution in [0.4, 0.5) is 17.3 Å².